The minimum atomic E-state index is 0.259. The Morgan fingerprint density at radius 1 is 1.25 bits per heavy atom. The number of nitriles is 1. The van der Waals surface area contributed by atoms with Crippen molar-refractivity contribution in [3.8, 4) is 17.6 Å². The molecule has 4 rings (SSSR count). The molecule has 0 aliphatic heterocycles. The molecule has 1 aliphatic carbocycles. The molecular formula is C29H30BrClN2O2S. The van der Waals surface area contributed by atoms with Crippen LogP contribution in [-0.2, 0) is 19.4 Å². The first-order valence-corrected chi connectivity index (χ1v) is 14.1. The first-order chi connectivity index (χ1) is 17.2. The van der Waals surface area contributed by atoms with E-state index in [0.717, 1.165) is 45.4 Å². The molecule has 0 amide bonds. The average Bonchev–Trinajstić information content (AvgIpc) is 3.19. The van der Waals surface area contributed by atoms with Crippen molar-refractivity contribution in [2.24, 2.45) is 16.3 Å². The van der Waals surface area contributed by atoms with Crippen LogP contribution in [0.1, 0.15) is 61.2 Å². The summed E-state index contributed by atoms with van der Waals surface area (Å²) in [4.78, 5) is 6.06. The zero-order valence-corrected chi connectivity index (χ0v) is 24.2. The molecule has 188 valence electrons. The van der Waals surface area contributed by atoms with Gasteiger partial charge in [0.25, 0.3) is 0 Å². The van der Waals surface area contributed by atoms with Crippen molar-refractivity contribution < 1.29 is 9.47 Å². The summed E-state index contributed by atoms with van der Waals surface area (Å²) in [7, 11) is 0. The second-order valence-corrected chi connectivity index (χ2v) is 12.3. The van der Waals surface area contributed by atoms with E-state index < -0.39 is 0 Å². The summed E-state index contributed by atoms with van der Waals surface area (Å²) < 4.78 is 12.7. The number of halogens is 2. The molecule has 2 aromatic carbocycles. The smallest absolute Gasteiger partial charge is 0.175 e. The Morgan fingerprint density at radius 3 is 2.72 bits per heavy atom. The molecule has 1 heterocycles. The fourth-order valence-electron chi connectivity index (χ4n) is 4.48. The molecule has 0 bridgehead atoms. The van der Waals surface area contributed by atoms with Crippen LogP contribution >= 0.6 is 38.9 Å². The summed E-state index contributed by atoms with van der Waals surface area (Å²) >= 11 is 11.6. The van der Waals surface area contributed by atoms with Crippen LogP contribution in [0.3, 0.4) is 0 Å². The topological polar surface area (TPSA) is 54.6 Å². The van der Waals surface area contributed by atoms with Gasteiger partial charge in [-0.05, 0) is 82.8 Å². The molecule has 1 aliphatic rings. The number of rotatable bonds is 7. The lowest BCUT2D eigenvalue weighted by molar-refractivity contribution is 0.218. The third-order valence-corrected chi connectivity index (χ3v) is 8.70. The zero-order chi connectivity index (χ0) is 25.9. The summed E-state index contributed by atoms with van der Waals surface area (Å²) in [6.07, 6.45) is 4.88. The third kappa shape index (κ3) is 5.96. The molecule has 1 atom stereocenters. The Morgan fingerprint density at radius 2 is 2.03 bits per heavy atom. The fraction of sp³-hybridized carbons (Fsp3) is 0.379. The van der Waals surface area contributed by atoms with Crippen LogP contribution in [0.2, 0.25) is 5.02 Å². The number of hydrogen-bond acceptors (Lipinski definition) is 5. The van der Waals surface area contributed by atoms with Gasteiger partial charge in [-0.15, -0.1) is 11.3 Å². The van der Waals surface area contributed by atoms with E-state index in [0.29, 0.717) is 35.7 Å². The largest absolute Gasteiger partial charge is 0.490 e. The van der Waals surface area contributed by atoms with Crippen LogP contribution in [0.5, 0.6) is 11.5 Å². The molecule has 0 fully saturated rings. The predicted molar refractivity (Wildman–Crippen MR) is 152 cm³/mol. The van der Waals surface area contributed by atoms with E-state index in [-0.39, 0.29) is 5.41 Å². The Hall–Kier alpha value is -2.33. The highest BCUT2D eigenvalue weighted by Gasteiger charge is 2.32. The summed E-state index contributed by atoms with van der Waals surface area (Å²) in [5.41, 5.74) is 3.93. The Balaban J connectivity index is 1.59. The number of benzene rings is 2. The minimum Gasteiger partial charge on any atom is -0.490 e. The van der Waals surface area contributed by atoms with Gasteiger partial charge in [-0.25, -0.2) is 4.99 Å². The van der Waals surface area contributed by atoms with Gasteiger partial charge in [-0.1, -0.05) is 50.6 Å². The van der Waals surface area contributed by atoms with Crippen LogP contribution < -0.4 is 9.47 Å². The maximum Gasteiger partial charge on any atom is 0.175 e. The van der Waals surface area contributed by atoms with E-state index in [9.17, 15) is 5.26 Å². The lowest BCUT2D eigenvalue weighted by atomic mass is 9.72. The van der Waals surface area contributed by atoms with E-state index in [1.54, 1.807) is 17.6 Å². The van der Waals surface area contributed by atoms with Crippen molar-refractivity contribution >= 4 is 50.1 Å². The van der Waals surface area contributed by atoms with Crippen molar-refractivity contribution in [2.75, 3.05) is 6.61 Å². The van der Waals surface area contributed by atoms with Crippen LogP contribution in [-0.4, -0.2) is 12.8 Å². The highest BCUT2D eigenvalue weighted by Crippen LogP contribution is 2.45. The first-order valence-electron chi connectivity index (χ1n) is 12.1. The van der Waals surface area contributed by atoms with Crippen molar-refractivity contribution in [1.82, 2.24) is 0 Å². The molecule has 0 radical (unpaired) electrons. The lowest BCUT2D eigenvalue weighted by Gasteiger charge is -2.33. The number of ether oxygens (including phenoxy) is 2. The Bertz CT molecular complexity index is 1320. The van der Waals surface area contributed by atoms with Gasteiger partial charge in [0.15, 0.2) is 11.5 Å². The van der Waals surface area contributed by atoms with Crippen LogP contribution in [0.4, 0.5) is 5.00 Å². The van der Waals surface area contributed by atoms with E-state index >= 15 is 0 Å². The van der Waals surface area contributed by atoms with Crippen LogP contribution in [0.15, 0.2) is 45.9 Å². The minimum absolute atomic E-state index is 0.259. The van der Waals surface area contributed by atoms with E-state index in [2.05, 4.69) is 42.8 Å². The van der Waals surface area contributed by atoms with Gasteiger partial charge in [-0.3, -0.25) is 0 Å². The SMILES string of the molecule is CCOc1cc(C=Nc2sc3c(c2C#N)CC[C@@H](C(C)(C)C)C3)cc(Br)c1OCc1ccccc1Cl. The summed E-state index contributed by atoms with van der Waals surface area (Å²) in [5.74, 6) is 1.86. The van der Waals surface area contributed by atoms with Crippen molar-refractivity contribution in [3.63, 3.8) is 0 Å². The Kier molecular flexibility index (Phi) is 8.44. The average molecular weight is 586 g/mol. The number of nitrogens with zero attached hydrogens (tertiary/aromatic N) is 2. The van der Waals surface area contributed by atoms with E-state index in [1.807, 2.05) is 43.3 Å². The summed E-state index contributed by atoms with van der Waals surface area (Å²) in [6.45, 7) is 9.67. The second-order valence-electron chi connectivity index (χ2n) is 10.0. The number of thiophene rings is 1. The van der Waals surface area contributed by atoms with Gasteiger partial charge >= 0.3 is 0 Å². The molecule has 4 nitrogen and oxygen atoms in total. The zero-order valence-electron chi connectivity index (χ0n) is 21.0. The number of aliphatic imine (C=N–C) groups is 1. The quantitative estimate of drug-likeness (QED) is 0.260. The second kappa shape index (κ2) is 11.4. The normalized spacial score (nSPS) is 15.5. The van der Waals surface area contributed by atoms with Crippen molar-refractivity contribution in [1.29, 1.82) is 5.26 Å². The first kappa shape index (κ1) is 26.7. The molecular weight excluding hydrogens is 556 g/mol. The summed E-state index contributed by atoms with van der Waals surface area (Å²) in [5, 5.41) is 11.3. The highest BCUT2D eigenvalue weighted by atomic mass is 79.9. The van der Waals surface area contributed by atoms with Crippen LogP contribution in [0.25, 0.3) is 0 Å². The maximum absolute atomic E-state index is 9.88. The molecule has 1 aromatic heterocycles. The lowest BCUT2D eigenvalue weighted by Crippen LogP contribution is -2.26. The predicted octanol–water partition coefficient (Wildman–Crippen LogP) is 8.91. The molecule has 0 saturated heterocycles. The number of hydrogen-bond donors (Lipinski definition) is 0. The van der Waals surface area contributed by atoms with Gasteiger partial charge in [0, 0.05) is 21.7 Å². The van der Waals surface area contributed by atoms with Gasteiger partial charge < -0.3 is 9.47 Å². The van der Waals surface area contributed by atoms with E-state index in [4.69, 9.17) is 26.1 Å². The van der Waals surface area contributed by atoms with E-state index in [1.165, 1.54) is 10.4 Å². The van der Waals surface area contributed by atoms with Gasteiger partial charge in [0.2, 0.25) is 0 Å². The molecule has 36 heavy (non-hydrogen) atoms. The molecule has 0 N–H and O–H groups in total. The summed E-state index contributed by atoms with van der Waals surface area (Å²) in [6, 6.07) is 13.9. The van der Waals surface area contributed by atoms with Crippen molar-refractivity contribution in [3.05, 3.63) is 73.0 Å². The number of fused-ring (bicyclic) bond motifs is 1. The van der Waals surface area contributed by atoms with Gasteiger partial charge in [0.1, 0.15) is 17.7 Å². The molecule has 3 aromatic rings. The van der Waals surface area contributed by atoms with Crippen LogP contribution in [0, 0.1) is 22.7 Å². The van der Waals surface area contributed by atoms with Gasteiger partial charge in [0.05, 0.1) is 16.6 Å². The van der Waals surface area contributed by atoms with Gasteiger partial charge in [-0.2, -0.15) is 5.26 Å². The molecule has 0 spiro atoms. The van der Waals surface area contributed by atoms with Crippen molar-refractivity contribution in [2.45, 2.75) is 53.6 Å². The maximum atomic E-state index is 9.88. The third-order valence-electron chi connectivity index (χ3n) is 6.58. The molecule has 0 unspecified atom stereocenters. The highest BCUT2D eigenvalue weighted by molar-refractivity contribution is 9.10. The fourth-order valence-corrected chi connectivity index (χ4v) is 6.47. The standard InChI is InChI=1S/C29H30BrClN2O2S/c1-5-34-25-13-18(12-23(30)27(25)35-17-19-8-6-7-9-24(19)31)16-33-28-22(15-32)21-11-10-20(29(2,3)4)14-26(21)36-28/h6-9,12-13,16,20H,5,10-11,14,17H2,1-4H3/t20-/m1/s1. The molecule has 0 saturated carbocycles. The molecule has 7 heteroatoms. The Labute approximate surface area is 231 Å². The monoisotopic (exact) mass is 584 g/mol.